The average molecular weight is 651 g/mol. The third-order valence-corrected chi connectivity index (χ3v) is 7.83. The first-order valence-corrected chi connectivity index (χ1v) is 14.9. The first kappa shape index (κ1) is 28.9. The second-order valence-corrected chi connectivity index (χ2v) is 11.0. The van der Waals surface area contributed by atoms with Crippen LogP contribution in [0.1, 0.15) is 22.3 Å². The number of ether oxygens (including phenoxy) is 5. The van der Waals surface area contributed by atoms with Gasteiger partial charge in [-0.05, 0) is 44.8 Å². The molecule has 0 aliphatic carbocycles. The van der Waals surface area contributed by atoms with Gasteiger partial charge in [0, 0.05) is 0 Å². The van der Waals surface area contributed by atoms with Gasteiger partial charge in [-0.1, -0.05) is 121 Å². The maximum absolute atomic E-state index is 6.65. The maximum Gasteiger partial charge on any atom is 0.138 e. The first-order chi connectivity index (χ1) is 19.8. The van der Waals surface area contributed by atoms with Crippen LogP contribution in [0.4, 0.5) is 0 Å². The molecular formula is C34H35IO5. The lowest BCUT2D eigenvalue weighted by Gasteiger charge is -2.44. The molecule has 208 valence electrons. The summed E-state index contributed by atoms with van der Waals surface area (Å²) in [7, 11) is 0. The number of halogens is 1. The van der Waals surface area contributed by atoms with Crippen molar-refractivity contribution < 1.29 is 23.7 Å². The normalized spacial score (nSPS) is 22.7. The summed E-state index contributed by atoms with van der Waals surface area (Å²) in [4.78, 5) is 0. The van der Waals surface area contributed by atoms with E-state index in [2.05, 4.69) is 71.1 Å². The summed E-state index contributed by atoms with van der Waals surface area (Å²) in [5.74, 6) is 0. The lowest BCUT2D eigenvalue weighted by molar-refractivity contribution is -0.251. The Hall–Kier alpha value is -2.59. The molecule has 0 aromatic heterocycles. The van der Waals surface area contributed by atoms with Gasteiger partial charge in [0.1, 0.15) is 28.5 Å². The molecule has 0 unspecified atom stereocenters. The second-order valence-electron chi connectivity index (χ2n) is 9.81. The quantitative estimate of drug-likeness (QED) is 0.114. The van der Waals surface area contributed by atoms with E-state index in [0.29, 0.717) is 33.0 Å². The van der Waals surface area contributed by atoms with E-state index < -0.39 is 6.10 Å². The monoisotopic (exact) mass is 650 g/mol. The van der Waals surface area contributed by atoms with Crippen molar-refractivity contribution in [2.75, 3.05) is 6.61 Å². The first-order valence-electron chi connectivity index (χ1n) is 13.6. The molecule has 5 atom stereocenters. The largest absolute Gasteiger partial charge is 0.374 e. The smallest absolute Gasteiger partial charge is 0.138 e. The minimum absolute atomic E-state index is 0.246. The van der Waals surface area contributed by atoms with E-state index in [1.165, 1.54) is 0 Å². The van der Waals surface area contributed by atoms with E-state index in [1.54, 1.807) is 0 Å². The highest BCUT2D eigenvalue weighted by molar-refractivity contribution is 14.1. The van der Waals surface area contributed by atoms with E-state index in [0.717, 1.165) is 22.3 Å². The number of alkyl halides is 1. The zero-order chi connectivity index (χ0) is 27.4. The van der Waals surface area contributed by atoms with E-state index in [1.807, 2.05) is 72.8 Å². The van der Waals surface area contributed by atoms with Gasteiger partial charge in [0.05, 0.1) is 33.0 Å². The molecule has 0 bridgehead atoms. The lowest BCUT2D eigenvalue weighted by atomic mass is 9.99. The molecule has 0 radical (unpaired) electrons. The number of benzene rings is 4. The topological polar surface area (TPSA) is 46.2 Å². The Kier molecular flexibility index (Phi) is 11.1. The average Bonchev–Trinajstić information content (AvgIpc) is 3.01. The van der Waals surface area contributed by atoms with E-state index in [9.17, 15) is 0 Å². The van der Waals surface area contributed by atoms with Crippen LogP contribution in [0, 0.1) is 0 Å². The van der Waals surface area contributed by atoms with E-state index >= 15 is 0 Å². The van der Waals surface area contributed by atoms with Crippen molar-refractivity contribution >= 4 is 22.6 Å². The van der Waals surface area contributed by atoms with Crippen molar-refractivity contribution in [2.24, 2.45) is 0 Å². The lowest BCUT2D eigenvalue weighted by Crippen LogP contribution is -2.59. The van der Waals surface area contributed by atoms with Gasteiger partial charge in [0.25, 0.3) is 0 Å². The predicted molar refractivity (Wildman–Crippen MR) is 164 cm³/mol. The van der Waals surface area contributed by atoms with Crippen LogP contribution in [0.5, 0.6) is 0 Å². The number of hydrogen-bond donors (Lipinski definition) is 0. The Morgan fingerprint density at radius 2 is 0.850 bits per heavy atom. The molecule has 0 spiro atoms. The van der Waals surface area contributed by atoms with Crippen molar-refractivity contribution in [2.45, 2.75) is 55.0 Å². The van der Waals surface area contributed by atoms with Gasteiger partial charge >= 0.3 is 0 Å². The Labute approximate surface area is 250 Å². The molecule has 1 saturated heterocycles. The highest BCUT2D eigenvalue weighted by Crippen LogP contribution is 2.33. The van der Waals surface area contributed by atoms with Gasteiger partial charge in [-0.15, -0.1) is 0 Å². The predicted octanol–water partition coefficient (Wildman–Crippen LogP) is 7.12. The van der Waals surface area contributed by atoms with Crippen LogP contribution < -0.4 is 0 Å². The summed E-state index contributed by atoms with van der Waals surface area (Å²) in [5, 5.41) is 0. The molecule has 5 rings (SSSR count). The van der Waals surface area contributed by atoms with E-state index in [4.69, 9.17) is 23.7 Å². The maximum atomic E-state index is 6.65. The third-order valence-electron chi connectivity index (χ3n) is 6.83. The van der Waals surface area contributed by atoms with Gasteiger partial charge in [-0.2, -0.15) is 0 Å². The van der Waals surface area contributed by atoms with Crippen LogP contribution in [0.15, 0.2) is 121 Å². The van der Waals surface area contributed by atoms with Crippen molar-refractivity contribution in [3.63, 3.8) is 0 Å². The Bertz CT molecular complexity index is 1240. The molecule has 1 aliphatic rings. The van der Waals surface area contributed by atoms with Gasteiger partial charge in [-0.3, -0.25) is 0 Å². The molecule has 0 N–H and O–H groups in total. The number of rotatable bonds is 13. The summed E-state index contributed by atoms with van der Waals surface area (Å²) in [6.45, 7) is 2.22. The fourth-order valence-electron chi connectivity index (χ4n) is 4.73. The fraction of sp³-hybridized carbons (Fsp3) is 0.294. The van der Waals surface area contributed by atoms with Crippen LogP contribution in [0.25, 0.3) is 0 Å². The zero-order valence-electron chi connectivity index (χ0n) is 22.4. The van der Waals surface area contributed by atoms with Gasteiger partial charge in [0.15, 0.2) is 0 Å². The molecule has 0 amide bonds. The highest BCUT2D eigenvalue weighted by Gasteiger charge is 2.47. The minimum atomic E-state index is -0.397. The molecule has 1 fully saturated rings. The third kappa shape index (κ3) is 8.46. The SMILES string of the molecule is I[C@H]1O[C@H](COCc2ccccc2)[C@@H](OCc2ccccc2)[C@H](OCc2ccccc2)[C@H]1OCc1ccccc1. The standard InChI is InChI=1S/C34H35IO5/c35-34-33(39-24-29-19-11-4-12-20-29)32(38-23-28-17-9-3-10-18-28)31(37-22-27-15-7-2-8-16-27)30(40-34)25-36-21-26-13-5-1-6-14-26/h1-20,30-34H,21-25H2/t30-,31-,32+,33-,34+/m1/s1. The molecule has 4 aromatic carbocycles. The van der Waals surface area contributed by atoms with Crippen LogP contribution >= 0.6 is 22.6 Å². The van der Waals surface area contributed by atoms with Crippen LogP contribution in [0.3, 0.4) is 0 Å². The van der Waals surface area contributed by atoms with Crippen molar-refractivity contribution in [3.8, 4) is 0 Å². The van der Waals surface area contributed by atoms with Crippen molar-refractivity contribution in [1.82, 2.24) is 0 Å². The van der Waals surface area contributed by atoms with Crippen molar-refractivity contribution in [1.29, 1.82) is 0 Å². The zero-order valence-corrected chi connectivity index (χ0v) is 24.5. The molecule has 5 nitrogen and oxygen atoms in total. The molecule has 0 saturated carbocycles. The highest BCUT2D eigenvalue weighted by atomic mass is 127. The van der Waals surface area contributed by atoms with Gasteiger partial charge in [-0.25, -0.2) is 0 Å². The fourth-order valence-corrected chi connectivity index (χ4v) is 5.73. The molecule has 40 heavy (non-hydrogen) atoms. The molecular weight excluding hydrogens is 615 g/mol. The second kappa shape index (κ2) is 15.4. The molecule has 6 heteroatoms. The Morgan fingerprint density at radius 1 is 0.475 bits per heavy atom. The molecule has 1 heterocycles. The summed E-state index contributed by atoms with van der Waals surface area (Å²) >= 11 is 2.32. The Morgan fingerprint density at radius 3 is 1.30 bits per heavy atom. The Balaban J connectivity index is 1.36. The molecule has 1 aliphatic heterocycles. The summed E-state index contributed by atoms with van der Waals surface area (Å²) in [5.41, 5.74) is 4.40. The van der Waals surface area contributed by atoms with Gasteiger partial charge < -0.3 is 23.7 Å². The number of hydrogen-bond acceptors (Lipinski definition) is 5. The summed E-state index contributed by atoms with van der Waals surface area (Å²) < 4.78 is 32.2. The summed E-state index contributed by atoms with van der Waals surface area (Å²) in [6.07, 6.45) is -1.43. The molecule has 4 aromatic rings. The van der Waals surface area contributed by atoms with Crippen LogP contribution in [-0.4, -0.2) is 35.1 Å². The van der Waals surface area contributed by atoms with Crippen LogP contribution in [-0.2, 0) is 50.1 Å². The van der Waals surface area contributed by atoms with Crippen LogP contribution in [0.2, 0.25) is 0 Å². The van der Waals surface area contributed by atoms with E-state index in [-0.39, 0.29) is 22.4 Å². The minimum Gasteiger partial charge on any atom is -0.374 e. The van der Waals surface area contributed by atoms with Gasteiger partial charge in [0.2, 0.25) is 0 Å². The summed E-state index contributed by atoms with van der Waals surface area (Å²) in [6, 6.07) is 40.7. The van der Waals surface area contributed by atoms with Crippen molar-refractivity contribution in [3.05, 3.63) is 144 Å².